The Morgan fingerprint density at radius 2 is 1.68 bits per heavy atom. The second kappa shape index (κ2) is 10.3. The molecule has 3 aromatic rings. The summed E-state index contributed by atoms with van der Waals surface area (Å²) in [5.74, 6) is 0.206. The van der Waals surface area contributed by atoms with Crippen LogP contribution in [0.4, 0.5) is 4.39 Å². The summed E-state index contributed by atoms with van der Waals surface area (Å²) in [5.41, 5.74) is 1.15. The summed E-state index contributed by atoms with van der Waals surface area (Å²) in [6.45, 7) is 0.406. The molecule has 2 aromatic carbocycles. The number of benzene rings is 2. The molecule has 1 amide bonds. The van der Waals surface area contributed by atoms with E-state index < -0.39 is 11.3 Å². The largest absolute Gasteiger partial charge is 0.493 e. The molecule has 0 spiro atoms. The molecule has 0 aliphatic heterocycles. The quantitative estimate of drug-likeness (QED) is 0.564. The van der Waals surface area contributed by atoms with Crippen molar-refractivity contribution in [2.45, 2.75) is 13.0 Å². The summed E-state index contributed by atoms with van der Waals surface area (Å²) in [6, 6.07) is 12.3. The van der Waals surface area contributed by atoms with E-state index in [1.807, 2.05) is 12.1 Å². The highest BCUT2D eigenvalue weighted by molar-refractivity contribution is 5.91. The van der Waals surface area contributed by atoms with E-state index in [1.54, 1.807) is 32.4 Å². The van der Waals surface area contributed by atoms with Gasteiger partial charge in [-0.3, -0.25) is 9.59 Å². The second-order valence-electron chi connectivity index (χ2n) is 6.58. The molecule has 1 N–H and O–H groups in total. The molecule has 0 aliphatic rings. The highest BCUT2D eigenvalue weighted by Gasteiger charge is 2.12. The Kier molecular flexibility index (Phi) is 7.26. The van der Waals surface area contributed by atoms with Crippen molar-refractivity contribution in [3.63, 3.8) is 0 Å². The summed E-state index contributed by atoms with van der Waals surface area (Å²) < 4.78 is 34.0. The first-order valence-electron chi connectivity index (χ1n) is 9.49. The Hall–Kier alpha value is -3.81. The zero-order chi connectivity index (χ0) is 22.2. The van der Waals surface area contributed by atoms with Gasteiger partial charge in [-0.05, 0) is 41.8 Å². The number of nitrogens with one attached hydrogen (secondary N) is 1. The molecule has 0 unspecified atom stereocenters. The fraction of sp³-hybridized carbons (Fsp3) is 0.217. The van der Waals surface area contributed by atoms with Gasteiger partial charge in [0.25, 0.3) is 5.91 Å². The zero-order valence-electron chi connectivity index (χ0n) is 17.1. The van der Waals surface area contributed by atoms with Crippen LogP contribution in [0.25, 0.3) is 0 Å². The Morgan fingerprint density at radius 3 is 2.35 bits per heavy atom. The van der Waals surface area contributed by atoms with Crippen molar-refractivity contribution in [3.8, 4) is 17.2 Å². The summed E-state index contributed by atoms with van der Waals surface area (Å²) in [5, 5.41) is 2.70. The molecule has 31 heavy (non-hydrogen) atoms. The normalized spacial score (nSPS) is 10.4. The SMILES string of the molecule is COc1ccc(CCNC(=O)c2cc(=O)c(OCc3ccc(F)cc3)co2)cc1OC. The van der Waals surface area contributed by atoms with Crippen molar-refractivity contribution in [2.24, 2.45) is 0 Å². The lowest BCUT2D eigenvalue weighted by Gasteiger charge is -2.10. The third-order valence-corrected chi connectivity index (χ3v) is 4.48. The molecule has 1 aromatic heterocycles. The first-order chi connectivity index (χ1) is 15.0. The Bertz CT molecular complexity index is 1090. The highest BCUT2D eigenvalue weighted by atomic mass is 19.1. The minimum absolute atomic E-state index is 0.0359. The van der Waals surface area contributed by atoms with Crippen molar-refractivity contribution in [1.82, 2.24) is 5.32 Å². The van der Waals surface area contributed by atoms with Crippen molar-refractivity contribution in [3.05, 3.63) is 87.7 Å². The molecule has 8 heteroatoms. The number of hydrogen-bond donors (Lipinski definition) is 1. The van der Waals surface area contributed by atoms with Crippen molar-refractivity contribution in [1.29, 1.82) is 0 Å². The molecule has 0 fully saturated rings. The van der Waals surface area contributed by atoms with Gasteiger partial charge in [-0.1, -0.05) is 18.2 Å². The maximum Gasteiger partial charge on any atom is 0.287 e. The predicted octanol–water partition coefficient (Wildman–Crippen LogP) is 3.35. The first-order valence-corrected chi connectivity index (χ1v) is 9.49. The van der Waals surface area contributed by atoms with Crippen LogP contribution >= 0.6 is 0 Å². The van der Waals surface area contributed by atoms with Crippen LogP contribution in [0, 0.1) is 5.82 Å². The summed E-state index contributed by atoms with van der Waals surface area (Å²) >= 11 is 0. The van der Waals surface area contributed by atoms with Crippen LogP contribution in [0.15, 0.2) is 64.0 Å². The maximum atomic E-state index is 12.9. The van der Waals surface area contributed by atoms with E-state index in [2.05, 4.69) is 5.32 Å². The van der Waals surface area contributed by atoms with Gasteiger partial charge < -0.3 is 23.9 Å². The number of rotatable bonds is 9. The van der Waals surface area contributed by atoms with E-state index >= 15 is 0 Å². The van der Waals surface area contributed by atoms with Crippen molar-refractivity contribution >= 4 is 5.91 Å². The van der Waals surface area contributed by atoms with Gasteiger partial charge in [0.05, 0.1) is 14.2 Å². The van der Waals surface area contributed by atoms with Gasteiger partial charge in [-0.15, -0.1) is 0 Å². The van der Waals surface area contributed by atoms with Crippen LogP contribution in [0.2, 0.25) is 0 Å². The van der Waals surface area contributed by atoms with Crippen LogP contribution in [0.1, 0.15) is 21.7 Å². The predicted molar refractivity (Wildman–Crippen MR) is 111 cm³/mol. The van der Waals surface area contributed by atoms with Crippen LogP contribution in [-0.4, -0.2) is 26.7 Å². The number of halogens is 1. The molecule has 0 saturated carbocycles. The lowest BCUT2D eigenvalue weighted by Crippen LogP contribution is -2.26. The lowest BCUT2D eigenvalue weighted by molar-refractivity contribution is 0.0923. The number of amides is 1. The van der Waals surface area contributed by atoms with Crippen LogP contribution < -0.4 is 25.0 Å². The van der Waals surface area contributed by atoms with Crippen LogP contribution in [0.5, 0.6) is 17.2 Å². The van der Waals surface area contributed by atoms with E-state index in [0.717, 1.165) is 17.9 Å². The van der Waals surface area contributed by atoms with Gasteiger partial charge >= 0.3 is 0 Å². The molecule has 162 valence electrons. The van der Waals surface area contributed by atoms with Crippen LogP contribution in [-0.2, 0) is 13.0 Å². The molecule has 1 heterocycles. The summed E-state index contributed by atoms with van der Waals surface area (Å²) in [7, 11) is 3.11. The van der Waals surface area contributed by atoms with E-state index in [-0.39, 0.29) is 23.9 Å². The first kappa shape index (κ1) is 21.9. The molecular weight excluding hydrogens is 405 g/mol. The van der Waals surface area contributed by atoms with Gasteiger partial charge in [-0.25, -0.2) is 4.39 Å². The van der Waals surface area contributed by atoms with Gasteiger partial charge in [0.2, 0.25) is 11.2 Å². The van der Waals surface area contributed by atoms with Gasteiger partial charge in [0.1, 0.15) is 18.7 Å². The van der Waals surface area contributed by atoms with Crippen molar-refractivity contribution in [2.75, 3.05) is 20.8 Å². The smallest absolute Gasteiger partial charge is 0.287 e. The fourth-order valence-corrected chi connectivity index (χ4v) is 2.81. The molecule has 0 radical (unpaired) electrons. The maximum absolute atomic E-state index is 12.9. The van der Waals surface area contributed by atoms with Gasteiger partial charge in [-0.2, -0.15) is 0 Å². The molecule has 0 atom stereocenters. The molecule has 3 rings (SSSR count). The minimum atomic E-state index is -0.511. The number of hydrogen-bond acceptors (Lipinski definition) is 6. The number of carbonyl (C=O) groups excluding carboxylic acids is 1. The Balaban J connectivity index is 1.54. The van der Waals surface area contributed by atoms with E-state index in [9.17, 15) is 14.0 Å². The summed E-state index contributed by atoms with van der Waals surface area (Å²) in [4.78, 5) is 24.5. The van der Waals surface area contributed by atoms with Crippen molar-refractivity contribution < 1.29 is 27.8 Å². The van der Waals surface area contributed by atoms with Crippen LogP contribution in [0.3, 0.4) is 0 Å². The van der Waals surface area contributed by atoms with Gasteiger partial charge in [0.15, 0.2) is 17.3 Å². The molecule has 0 bridgehead atoms. The Labute approximate surface area is 178 Å². The lowest BCUT2D eigenvalue weighted by atomic mass is 10.1. The Morgan fingerprint density at radius 1 is 0.968 bits per heavy atom. The topological polar surface area (TPSA) is 87.0 Å². The molecular formula is C23H22FNO6. The summed E-state index contributed by atoms with van der Waals surface area (Å²) in [6.07, 6.45) is 1.64. The standard InChI is InChI=1S/C23H22FNO6/c1-28-19-8-5-15(11-20(19)29-2)9-10-25-23(27)21-12-18(26)22(14-31-21)30-13-16-3-6-17(24)7-4-16/h3-8,11-12,14H,9-10,13H2,1-2H3,(H,25,27). The minimum Gasteiger partial charge on any atom is -0.493 e. The third kappa shape index (κ3) is 5.85. The number of ether oxygens (including phenoxy) is 3. The molecule has 0 saturated heterocycles. The van der Waals surface area contributed by atoms with E-state index in [0.29, 0.717) is 30.0 Å². The van der Waals surface area contributed by atoms with E-state index in [4.69, 9.17) is 18.6 Å². The molecule has 0 aliphatic carbocycles. The fourth-order valence-electron chi connectivity index (χ4n) is 2.81. The van der Waals surface area contributed by atoms with Gasteiger partial charge in [0, 0.05) is 12.6 Å². The number of methoxy groups -OCH3 is 2. The monoisotopic (exact) mass is 427 g/mol. The zero-order valence-corrected chi connectivity index (χ0v) is 17.1. The average molecular weight is 427 g/mol. The second-order valence-corrected chi connectivity index (χ2v) is 6.58. The van der Waals surface area contributed by atoms with E-state index in [1.165, 1.54) is 12.1 Å². The number of carbonyl (C=O) groups is 1. The highest BCUT2D eigenvalue weighted by Crippen LogP contribution is 2.27. The third-order valence-electron chi connectivity index (χ3n) is 4.48. The molecule has 7 nitrogen and oxygen atoms in total. The average Bonchev–Trinajstić information content (AvgIpc) is 2.79.